The maximum Gasteiger partial charge on any atom is 0.304 e. The Balaban J connectivity index is 1.56. The van der Waals surface area contributed by atoms with E-state index in [1.807, 2.05) is 12.1 Å². The number of nitrogens with zero attached hydrogens (tertiary/aromatic N) is 1. The van der Waals surface area contributed by atoms with E-state index in [1.54, 1.807) is 0 Å². The Morgan fingerprint density at radius 3 is 2.96 bits per heavy atom. The van der Waals surface area contributed by atoms with Gasteiger partial charge in [0.15, 0.2) is 0 Å². The van der Waals surface area contributed by atoms with Crippen molar-refractivity contribution in [1.82, 2.24) is 4.90 Å². The van der Waals surface area contributed by atoms with Crippen molar-refractivity contribution < 1.29 is 24.1 Å². The van der Waals surface area contributed by atoms with Crippen molar-refractivity contribution in [2.75, 3.05) is 39.5 Å². The molecule has 2 heterocycles. The van der Waals surface area contributed by atoms with E-state index in [0.29, 0.717) is 19.8 Å². The topological polar surface area (TPSA) is 68.2 Å². The zero-order valence-corrected chi connectivity index (χ0v) is 14.8. The number of morpholine rings is 1. The maximum absolute atomic E-state index is 10.8. The summed E-state index contributed by atoms with van der Waals surface area (Å²) in [6.45, 7) is 6.20. The molecule has 138 valence electrons. The first-order chi connectivity index (χ1) is 12.1. The van der Waals surface area contributed by atoms with Crippen LogP contribution < -0.4 is 4.74 Å². The molecule has 0 saturated carbocycles. The van der Waals surface area contributed by atoms with E-state index >= 15 is 0 Å². The van der Waals surface area contributed by atoms with Gasteiger partial charge in [-0.2, -0.15) is 0 Å². The summed E-state index contributed by atoms with van der Waals surface area (Å²) < 4.78 is 17.4. The minimum Gasteiger partial charge on any atom is -0.491 e. The molecule has 0 aliphatic carbocycles. The number of hydrogen-bond acceptors (Lipinski definition) is 5. The molecule has 1 aromatic rings. The summed E-state index contributed by atoms with van der Waals surface area (Å²) in [5.41, 5.74) is 2.28. The van der Waals surface area contributed by atoms with E-state index < -0.39 is 5.97 Å². The van der Waals surface area contributed by atoms with Gasteiger partial charge in [0.05, 0.1) is 25.2 Å². The zero-order chi connectivity index (χ0) is 17.6. The normalized spacial score (nSPS) is 24.4. The zero-order valence-electron chi connectivity index (χ0n) is 14.8. The predicted octanol–water partition coefficient (Wildman–Crippen LogP) is 2.40. The van der Waals surface area contributed by atoms with Crippen molar-refractivity contribution >= 4 is 5.97 Å². The highest BCUT2D eigenvalue weighted by Crippen LogP contribution is 2.28. The molecule has 2 fully saturated rings. The number of carbonyl (C=O) groups is 1. The molecule has 3 rings (SSSR count). The fourth-order valence-corrected chi connectivity index (χ4v) is 3.41. The van der Waals surface area contributed by atoms with Gasteiger partial charge in [-0.15, -0.1) is 0 Å². The van der Waals surface area contributed by atoms with Crippen LogP contribution in [0.2, 0.25) is 0 Å². The summed E-state index contributed by atoms with van der Waals surface area (Å²) >= 11 is 0. The van der Waals surface area contributed by atoms with E-state index in [1.165, 1.54) is 0 Å². The molecule has 2 saturated heterocycles. The molecule has 2 aliphatic heterocycles. The summed E-state index contributed by atoms with van der Waals surface area (Å²) in [4.78, 5) is 12.9. The average Bonchev–Trinajstić information content (AvgIpc) is 3.12. The van der Waals surface area contributed by atoms with Crippen molar-refractivity contribution in [2.24, 2.45) is 0 Å². The molecule has 1 N–H and O–H groups in total. The second-order valence-electron chi connectivity index (χ2n) is 6.77. The first-order valence-electron chi connectivity index (χ1n) is 9.02. The van der Waals surface area contributed by atoms with Crippen molar-refractivity contribution in [3.05, 3.63) is 29.3 Å². The largest absolute Gasteiger partial charge is 0.491 e. The van der Waals surface area contributed by atoms with E-state index in [9.17, 15) is 4.79 Å². The summed E-state index contributed by atoms with van der Waals surface area (Å²) in [5, 5.41) is 8.85. The lowest BCUT2D eigenvalue weighted by atomic mass is 10.0. The number of ether oxygens (including phenoxy) is 3. The predicted molar refractivity (Wildman–Crippen MR) is 93.0 cm³/mol. The Bertz CT molecular complexity index is 585. The monoisotopic (exact) mass is 349 g/mol. The second-order valence-corrected chi connectivity index (χ2v) is 6.77. The Morgan fingerprint density at radius 1 is 1.36 bits per heavy atom. The molecular weight excluding hydrogens is 322 g/mol. The molecule has 25 heavy (non-hydrogen) atoms. The highest BCUT2D eigenvalue weighted by atomic mass is 16.5. The highest BCUT2D eigenvalue weighted by Gasteiger charge is 2.24. The Labute approximate surface area is 148 Å². The van der Waals surface area contributed by atoms with E-state index in [2.05, 4.69) is 17.9 Å². The van der Waals surface area contributed by atoms with Gasteiger partial charge < -0.3 is 19.3 Å². The van der Waals surface area contributed by atoms with Gasteiger partial charge >= 0.3 is 5.97 Å². The molecule has 2 unspecified atom stereocenters. The molecule has 6 heteroatoms. The van der Waals surface area contributed by atoms with Crippen LogP contribution in [0.5, 0.6) is 5.75 Å². The third-order valence-corrected chi connectivity index (χ3v) is 4.84. The van der Waals surface area contributed by atoms with Crippen molar-refractivity contribution in [1.29, 1.82) is 0 Å². The smallest absolute Gasteiger partial charge is 0.304 e. The number of hydrogen-bond donors (Lipinski definition) is 1. The van der Waals surface area contributed by atoms with Crippen LogP contribution in [-0.2, 0) is 14.3 Å². The fraction of sp³-hybridized carbons (Fsp3) is 0.632. The fourth-order valence-electron chi connectivity index (χ4n) is 3.41. The van der Waals surface area contributed by atoms with Gasteiger partial charge in [0.25, 0.3) is 0 Å². The van der Waals surface area contributed by atoms with Gasteiger partial charge in [-0.05, 0) is 43.0 Å². The van der Waals surface area contributed by atoms with Crippen molar-refractivity contribution in [3.8, 4) is 5.75 Å². The number of rotatable bonds is 7. The first kappa shape index (κ1) is 18.2. The summed E-state index contributed by atoms with van der Waals surface area (Å²) in [7, 11) is 0. The van der Waals surface area contributed by atoms with E-state index in [0.717, 1.165) is 49.4 Å². The molecule has 0 radical (unpaired) electrons. The van der Waals surface area contributed by atoms with Gasteiger partial charge in [0.1, 0.15) is 12.4 Å². The lowest BCUT2D eigenvalue weighted by Gasteiger charge is -2.33. The quantitative estimate of drug-likeness (QED) is 0.815. The van der Waals surface area contributed by atoms with Crippen molar-refractivity contribution in [3.63, 3.8) is 0 Å². The second kappa shape index (κ2) is 8.65. The van der Waals surface area contributed by atoms with Crippen LogP contribution >= 0.6 is 0 Å². The molecule has 6 nitrogen and oxygen atoms in total. The number of benzene rings is 1. The maximum atomic E-state index is 10.8. The van der Waals surface area contributed by atoms with Crippen LogP contribution in [0, 0.1) is 6.92 Å². The Morgan fingerprint density at radius 2 is 2.24 bits per heavy atom. The summed E-state index contributed by atoms with van der Waals surface area (Å²) in [5.74, 6) is 0.0993. The van der Waals surface area contributed by atoms with Crippen LogP contribution in [0.3, 0.4) is 0 Å². The molecule has 2 atom stereocenters. The van der Waals surface area contributed by atoms with Crippen LogP contribution in [0.15, 0.2) is 18.2 Å². The highest BCUT2D eigenvalue weighted by molar-refractivity contribution is 5.66. The van der Waals surface area contributed by atoms with Gasteiger partial charge in [-0.1, -0.05) is 6.07 Å². The number of aliphatic carboxylic acids is 1. The van der Waals surface area contributed by atoms with Crippen LogP contribution in [0.4, 0.5) is 0 Å². The van der Waals surface area contributed by atoms with Gasteiger partial charge in [0, 0.05) is 26.2 Å². The lowest BCUT2D eigenvalue weighted by molar-refractivity contribution is -0.137. The molecule has 0 spiro atoms. The SMILES string of the molecule is Cc1cc(OCC2CCCO2)ccc1C1CN(CCC(=O)O)CCO1. The number of carboxylic acid groups (broad SMARTS) is 1. The molecule has 0 amide bonds. The lowest BCUT2D eigenvalue weighted by Crippen LogP contribution is -2.39. The number of carboxylic acids is 1. The third kappa shape index (κ3) is 5.17. The minimum absolute atomic E-state index is 0.0187. The summed E-state index contributed by atoms with van der Waals surface area (Å²) in [6.07, 6.45) is 2.55. The standard InChI is InChI=1S/C19H27NO5/c1-14-11-15(25-13-16-3-2-9-23-16)4-5-17(14)18-12-20(8-10-24-18)7-6-19(21)22/h4-5,11,16,18H,2-3,6-10,12-13H2,1H3,(H,21,22). The van der Waals surface area contributed by atoms with Crippen LogP contribution in [-0.4, -0.2) is 61.5 Å². The van der Waals surface area contributed by atoms with E-state index in [-0.39, 0.29) is 18.6 Å². The molecular formula is C19H27NO5. The van der Waals surface area contributed by atoms with Gasteiger partial charge in [-0.3, -0.25) is 9.69 Å². The first-order valence-corrected chi connectivity index (χ1v) is 9.02. The minimum atomic E-state index is -0.757. The average molecular weight is 349 g/mol. The molecule has 0 bridgehead atoms. The van der Waals surface area contributed by atoms with Crippen LogP contribution in [0.25, 0.3) is 0 Å². The summed E-state index contributed by atoms with van der Waals surface area (Å²) in [6, 6.07) is 6.09. The Kier molecular flexibility index (Phi) is 6.29. The van der Waals surface area contributed by atoms with Gasteiger partial charge in [0.2, 0.25) is 0 Å². The molecule has 2 aliphatic rings. The van der Waals surface area contributed by atoms with Crippen molar-refractivity contribution in [2.45, 2.75) is 38.4 Å². The third-order valence-electron chi connectivity index (χ3n) is 4.84. The Hall–Kier alpha value is -1.63. The molecule has 1 aromatic carbocycles. The van der Waals surface area contributed by atoms with Crippen LogP contribution in [0.1, 0.15) is 36.5 Å². The van der Waals surface area contributed by atoms with Gasteiger partial charge in [-0.25, -0.2) is 0 Å². The molecule has 0 aromatic heterocycles. The number of aryl methyl sites for hydroxylation is 1. The van der Waals surface area contributed by atoms with E-state index in [4.69, 9.17) is 19.3 Å².